The Morgan fingerprint density at radius 3 is 2.58 bits per heavy atom. The van der Waals surface area contributed by atoms with Crippen LogP contribution < -0.4 is 10.6 Å². The van der Waals surface area contributed by atoms with E-state index >= 15 is 0 Å². The van der Waals surface area contributed by atoms with Crippen molar-refractivity contribution in [3.8, 4) is 0 Å². The molecule has 1 atom stereocenters. The lowest BCUT2D eigenvalue weighted by Crippen LogP contribution is -2.28. The Kier molecular flexibility index (Phi) is 7.67. The highest BCUT2D eigenvalue weighted by molar-refractivity contribution is 7.99. The van der Waals surface area contributed by atoms with Gasteiger partial charge in [-0.1, -0.05) is 41.1 Å². The molecule has 2 N–H and O–H groups in total. The van der Waals surface area contributed by atoms with Crippen LogP contribution in [0, 0.1) is 17.0 Å². The molecule has 0 radical (unpaired) electrons. The van der Waals surface area contributed by atoms with E-state index in [2.05, 4.69) is 20.8 Å². The molecule has 1 aromatic heterocycles. The fraction of sp³-hybridized carbons (Fsp3) is 0.238. The number of aromatic nitrogens is 3. The van der Waals surface area contributed by atoms with Crippen LogP contribution in [0.25, 0.3) is 0 Å². The first-order chi connectivity index (χ1) is 15.7. The first-order valence-corrected chi connectivity index (χ1v) is 11.2. The standard InChI is InChI=1S/C21H21ClN6O4S/c1-12-4-6-14(7-5-12)20(30)23-13(2)19-25-26-21(27(19)3)33-11-18(29)24-17-10-15(28(31)32)8-9-16(17)22/h4-10,13H,11H2,1-3H3,(H,23,30)(H,24,29)/t13-/m1/s1. The van der Waals surface area contributed by atoms with E-state index in [4.69, 9.17) is 11.6 Å². The number of nitrogens with zero attached hydrogens (tertiary/aromatic N) is 4. The number of carbonyl (C=O) groups is 2. The molecule has 0 saturated carbocycles. The van der Waals surface area contributed by atoms with Gasteiger partial charge in [-0.2, -0.15) is 0 Å². The van der Waals surface area contributed by atoms with Gasteiger partial charge in [0.05, 0.1) is 27.4 Å². The Bertz CT molecular complexity index is 1200. The van der Waals surface area contributed by atoms with Crippen LogP contribution in [-0.2, 0) is 11.8 Å². The predicted molar refractivity (Wildman–Crippen MR) is 126 cm³/mol. The first-order valence-electron chi connectivity index (χ1n) is 9.79. The van der Waals surface area contributed by atoms with E-state index < -0.39 is 16.9 Å². The topological polar surface area (TPSA) is 132 Å². The minimum Gasteiger partial charge on any atom is -0.342 e. The zero-order chi connectivity index (χ0) is 24.1. The van der Waals surface area contributed by atoms with E-state index in [-0.39, 0.29) is 28.1 Å². The quantitative estimate of drug-likeness (QED) is 0.279. The van der Waals surface area contributed by atoms with Gasteiger partial charge in [0.2, 0.25) is 5.91 Å². The van der Waals surface area contributed by atoms with E-state index in [1.54, 1.807) is 30.7 Å². The van der Waals surface area contributed by atoms with Crippen LogP contribution in [0.5, 0.6) is 0 Å². The smallest absolute Gasteiger partial charge is 0.271 e. The van der Waals surface area contributed by atoms with Gasteiger partial charge in [-0.05, 0) is 32.0 Å². The number of hydrogen-bond acceptors (Lipinski definition) is 7. The van der Waals surface area contributed by atoms with Crippen molar-refractivity contribution >= 4 is 46.6 Å². The molecule has 0 unspecified atom stereocenters. The lowest BCUT2D eigenvalue weighted by Gasteiger charge is -2.14. The van der Waals surface area contributed by atoms with Crippen LogP contribution in [0.15, 0.2) is 47.6 Å². The van der Waals surface area contributed by atoms with Crippen molar-refractivity contribution in [3.63, 3.8) is 0 Å². The van der Waals surface area contributed by atoms with Gasteiger partial charge in [0.1, 0.15) is 0 Å². The fourth-order valence-electron chi connectivity index (χ4n) is 2.92. The van der Waals surface area contributed by atoms with Crippen LogP contribution >= 0.6 is 23.4 Å². The maximum absolute atomic E-state index is 12.5. The van der Waals surface area contributed by atoms with E-state index in [1.165, 1.54) is 18.2 Å². The van der Waals surface area contributed by atoms with Gasteiger partial charge in [0, 0.05) is 24.7 Å². The highest BCUT2D eigenvalue weighted by Crippen LogP contribution is 2.27. The Hall–Kier alpha value is -3.44. The molecular weight excluding hydrogens is 468 g/mol. The van der Waals surface area contributed by atoms with Gasteiger partial charge < -0.3 is 15.2 Å². The Labute approximate surface area is 198 Å². The molecule has 172 valence electrons. The molecule has 0 spiro atoms. The normalized spacial score (nSPS) is 11.6. The molecule has 10 nitrogen and oxygen atoms in total. The third-order valence-corrected chi connectivity index (χ3v) is 6.03. The number of aryl methyl sites for hydroxylation is 1. The molecule has 1 heterocycles. The number of thioether (sulfide) groups is 1. The third kappa shape index (κ3) is 6.08. The summed E-state index contributed by atoms with van der Waals surface area (Å²) in [5.74, 6) is -0.129. The molecule has 0 aliphatic carbocycles. The van der Waals surface area contributed by atoms with Crippen LogP contribution in [0.1, 0.15) is 34.7 Å². The molecule has 0 saturated heterocycles. The third-order valence-electron chi connectivity index (χ3n) is 4.68. The number of hydrogen-bond donors (Lipinski definition) is 2. The highest BCUT2D eigenvalue weighted by atomic mass is 35.5. The fourth-order valence-corrected chi connectivity index (χ4v) is 3.80. The van der Waals surface area contributed by atoms with E-state index in [0.717, 1.165) is 17.3 Å². The van der Waals surface area contributed by atoms with Gasteiger partial charge in [-0.15, -0.1) is 10.2 Å². The SMILES string of the molecule is Cc1ccc(C(=O)N[C@H](C)c2nnc(SCC(=O)Nc3cc([N+](=O)[O-])ccc3Cl)n2C)cc1. The second kappa shape index (κ2) is 10.5. The summed E-state index contributed by atoms with van der Waals surface area (Å²) in [4.78, 5) is 35.1. The second-order valence-electron chi connectivity index (χ2n) is 7.22. The number of amides is 2. The van der Waals surface area contributed by atoms with Crippen molar-refractivity contribution in [2.45, 2.75) is 25.0 Å². The number of rotatable bonds is 8. The molecule has 0 aliphatic rings. The van der Waals surface area contributed by atoms with Crippen molar-refractivity contribution < 1.29 is 14.5 Å². The molecular formula is C21H21ClN6O4S. The summed E-state index contributed by atoms with van der Waals surface area (Å²) in [6, 6.07) is 10.6. The van der Waals surface area contributed by atoms with Gasteiger partial charge in [0.15, 0.2) is 11.0 Å². The zero-order valence-corrected chi connectivity index (χ0v) is 19.6. The minimum atomic E-state index is -0.569. The van der Waals surface area contributed by atoms with Crippen molar-refractivity contribution in [1.29, 1.82) is 0 Å². The predicted octanol–water partition coefficient (Wildman–Crippen LogP) is 3.91. The van der Waals surface area contributed by atoms with Crippen LogP contribution in [0.4, 0.5) is 11.4 Å². The molecule has 12 heteroatoms. The van der Waals surface area contributed by atoms with Gasteiger partial charge in [-0.3, -0.25) is 19.7 Å². The Morgan fingerprint density at radius 2 is 1.91 bits per heavy atom. The number of anilines is 1. The molecule has 0 aliphatic heterocycles. The van der Waals surface area contributed by atoms with Gasteiger partial charge >= 0.3 is 0 Å². The molecule has 0 bridgehead atoms. The largest absolute Gasteiger partial charge is 0.342 e. The molecule has 0 fully saturated rings. The Balaban J connectivity index is 1.60. The summed E-state index contributed by atoms with van der Waals surface area (Å²) >= 11 is 7.15. The van der Waals surface area contributed by atoms with E-state index in [0.29, 0.717) is 16.5 Å². The number of non-ortho nitro benzene ring substituents is 1. The second-order valence-corrected chi connectivity index (χ2v) is 8.57. The summed E-state index contributed by atoms with van der Waals surface area (Å²) in [6.07, 6.45) is 0. The molecule has 2 amide bonds. The molecule has 3 rings (SSSR count). The minimum absolute atomic E-state index is 0.0187. The van der Waals surface area contributed by atoms with Crippen molar-refractivity contribution in [1.82, 2.24) is 20.1 Å². The Morgan fingerprint density at radius 1 is 1.21 bits per heavy atom. The number of nitro groups is 1. The summed E-state index contributed by atoms with van der Waals surface area (Å²) < 4.78 is 1.69. The van der Waals surface area contributed by atoms with Crippen molar-refractivity contribution in [3.05, 3.63) is 74.6 Å². The average Bonchev–Trinajstić information content (AvgIpc) is 3.14. The maximum Gasteiger partial charge on any atom is 0.271 e. The van der Waals surface area contributed by atoms with Gasteiger partial charge in [0.25, 0.3) is 11.6 Å². The number of nitro benzene ring substituents is 1. The number of nitrogens with one attached hydrogen (secondary N) is 2. The summed E-state index contributed by atoms with van der Waals surface area (Å²) in [6.45, 7) is 3.74. The van der Waals surface area contributed by atoms with Crippen LogP contribution in [0.2, 0.25) is 5.02 Å². The van der Waals surface area contributed by atoms with Crippen LogP contribution in [-0.4, -0.2) is 37.3 Å². The van der Waals surface area contributed by atoms with Crippen molar-refractivity contribution in [2.24, 2.45) is 7.05 Å². The highest BCUT2D eigenvalue weighted by Gasteiger charge is 2.19. The van der Waals surface area contributed by atoms with Crippen molar-refractivity contribution in [2.75, 3.05) is 11.1 Å². The van der Waals surface area contributed by atoms with Crippen LogP contribution in [0.3, 0.4) is 0 Å². The monoisotopic (exact) mass is 488 g/mol. The lowest BCUT2D eigenvalue weighted by atomic mass is 10.1. The first kappa shape index (κ1) is 24.2. The number of benzene rings is 2. The maximum atomic E-state index is 12.5. The van der Waals surface area contributed by atoms with Gasteiger partial charge in [-0.25, -0.2) is 0 Å². The summed E-state index contributed by atoms with van der Waals surface area (Å²) in [5.41, 5.74) is 1.58. The number of carbonyl (C=O) groups excluding carboxylic acids is 2. The zero-order valence-electron chi connectivity index (χ0n) is 18.0. The van der Waals surface area contributed by atoms with E-state index in [1.807, 2.05) is 19.1 Å². The number of halogens is 1. The average molecular weight is 489 g/mol. The summed E-state index contributed by atoms with van der Waals surface area (Å²) in [5, 5.41) is 25.3. The molecule has 2 aromatic carbocycles. The lowest BCUT2D eigenvalue weighted by molar-refractivity contribution is -0.384. The molecule has 33 heavy (non-hydrogen) atoms. The van der Waals surface area contributed by atoms with E-state index in [9.17, 15) is 19.7 Å². The summed E-state index contributed by atoms with van der Waals surface area (Å²) in [7, 11) is 1.74. The molecule has 3 aromatic rings.